The van der Waals surface area contributed by atoms with Crippen LogP contribution in [0.5, 0.6) is 0 Å². The van der Waals surface area contributed by atoms with Gasteiger partial charge in [0.15, 0.2) is 5.76 Å². The highest BCUT2D eigenvalue weighted by molar-refractivity contribution is 5.90. The molecule has 2 aliphatic rings. The average Bonchev–Trinajstić information content (AvgIpc) is 2.96. The quantitative estimate of drug-likeness (QED) is 0.457. The van der Waals surface area contributed by atoms with E-state index in [0.29, 0.717) is 18.8 Å². The Morgan fingerprint density at radius 2 is 2.11 bits per heavy atom. The average molecular weight is 251 g/mol. The Kier molecular flexibility index (Phi) is 3.07. The van der Waals surface area contributed by atoms with Crippen molar-refractivity contribution in [2.24, 2.45) is 5.84 Å². The van der Waals surface area contributed by atoms with Crippen molar-refractivity contribution in [2.45, 2.75) is 31.6 Å². The van der Waals surface area contributed by atoms with Crippen molar-refractivity contribution in [1.82, 2.24) is 10.3 Å². The maximum absolute atomic E-state index is 11.3. The number of furan rings is 1. The van der Waals surface area contributed by atoms with Gasteiger partial charge in [-0.25, -0.2) is 5.84 Å². The first kappa shape index (κ1) is 11.7. The van der Waals surface area contributed by atoms with Gasteiger partial charge in [0.25, 0.3) is 0 Å². The van der Waals surface area contributed by atoms with Gasteiger partial charge in [-0.1, -0.05) is 0 Å². The molecule has 2 saturated heterocycles. The fourth-order valence-corrected chi connectivity index (χ4v) is 2.70. The number of hydrazine groups is 1. The van der Waals surface area contributed by atoms with Gasteiger partial charge >= 0.3 is 5.91 Å². The number of carbonyl (C=O) groups excluding carboxylic acids is 1. The number of likely N-dealkylation sites (tertiary alicyclic amines) is 1. The number of fused-ring (bicyclic) bond motifs is 2. The van der Waals surface area contributed by atoms with Crippen molar-refractivity contribution in [2.75, 3.05) is 13.1 Å². The fourth-order valence-electron chi connectivity index (χ4n) is 2.70. The molecule has 3 rings (SSSR count). The van der Waals surface area contributed by atoms with E-state index in [9.17, 15) is 4.79 Å². The number of nitrogens with zero attached hydrogens (tertiary/aromatic N) is 1. The Morgan fingerprint density at radius 3 is 2.78 bits per heavy atom. The number of hydrogen-bond acceptors (Lipinski definition) is 5. The summed E-state index contributed by atoms with van der Waals surface area (Å²) in [4.78, 5) is 13.6. The minimum atomic E-state index is -0.400. The normalized spacial score (nSPS) is 27.4. The first-order valence-electron chi connectivity index (χ1n) is 6.22. The van der Waals surface area contributed by atoms with E-state index in [2.05, 4.69) is 10.3 Å². The predicted octanol–water partition coefficient (Wildman–Crippen LogP) is 0.246. The highest BCUT2D eigenvalue weighted by atomic mass is 16.5. The summed E-state index contributed by atoms with van der Waals surface area (Å²) in [7, 11) is 0. The van der Waals surface area contributed by atoms with Gasteiger partial charge in [-0.15, -0.1) is 0 Å². The molecule has 18 heavy (non-hydrogen) atoms. The van der Waals surface area contributed by atoms with Gasteiger partial charge in [-0.3, -0.25) is 15.1 Å². The van der Waals surface area contributed by atoms with E-state index < -0.39 is 5.91 Å². The molecule has 2 atom stereocenters. The SMILES string of the molecule is NNC(=O)c1ccc(CN2CC3CCC(C2)O3)o1. The van der Waals surface area contributed by atoms with Gasteiger partial charge in [0.2, 0.25) is 0 Å². The molecule has 2 fully saturated rings. The number of carbonyl (C=O) groups is 1. The summed E-state index contributed by atoms with van der Waals surface area (Å²) in [6, 6.07) is 3.47. The number of nitrogen functional groups attached to an aromatic ring is 1. The maximum Gasteiger partial charge on any atom is 0.300 e. The lowest BCUT2D eigenvalue weighted by Gasteiger charge is -2.31. The molecule has 2 bridgehead atoms. The molecule has 3 heterocycles. The second-order valence-corrected chi connectivity index (χ2v) is 4.89. The van der Waals surface area contributed by atoms with Crippen LogP contribution < -0.4 is 11.3 Å². The van der Waals surface area contributed by atoms with Gasteiger partial charge in [-0.05, 0) is 25.0 Å². The molecule has 6 nitrogen and oxygen atoms in total. The zero-order chi connectivity index (χ0) is 12.5. The number of nitrogens with two attached hydrogens (primary N) is 1. The van der Waals surface area contributed by atoms with E-state index in [1.807, 2.05) is 6.07 Å². The molecule has 0 radical (unpaired) electrons. The molecule has 2 aliphatic heterocycles. The van der Waals surface area contributed by atoms with E-state index in [0.717, 1.165) is 31.7 Å². The second-order valence-electron chi connectivity index (χ2n) is 4.89. The van der Waals surface area contributed by atoms with Crippen molar-refractivity contribution in [1.29, 1.82) is 0 Å². The zero-order valence-corrected chi connectivity index (χ0v) is 10.1. The zero-order valence-electron chi connectivity index (χ0n) is 10.1. The Morgan fingerprint density at radius 1 is 1.39 bits per heavy atom. The molecule has 6 heteroatoms. The maximum atomic E-state index is 11.3. The van der Waals surface area contributed by atoms with E-state index in [1.165, 1.54) is 0 Å². The molecule has 0 spiro atoms. The molecule has 1 aromatic heterocycles. The highest BCUT2D eigenvalue weighted by Gasteiger charge is 2.33. The summed E-state index contributed by atoms with van der Waals surface area (Å²) in [5, 5.41) is 0. The molecule has 1 aromatic rings. The summed E-state index contributed by atoms with van der Waals surface area (Å²) in [6.07, 6.45) is 3.04. The van der Waals surface area contributed by atoms with Gasteiger partial charge < -0.3 is 9.15 Å². The minimum absolute atomic E-state index is 0.253. The van der Waals surface area contributed by atoms with Crippen molar-refractivity contribution in [3.05, 3.63) is 23.7 Å². The van der Waals surface area contributed by atoms with Crippen LogP contribution in [-0.2, 0) is 11.3 Å². The van der Waals surface area contributed by atoms with Crippen LogP contribution in [0.4, 0.5) is 0 Å². The molecule has 98 valence electrons. The van der Waals surface area contributed by atoms with Crippen LogP contribution in [0.2, 0.25) is 0 Å². The summed E-state index contributed by atoms with van der Waals surface area (Å²) in [6.45, 7) is 2.60. The van der Waals surface area contributed by atoms with Crippen LogP contribution in [0.15, 0.2) is 16.5 Å². The van der Waals surface area contributed by atoms with Crippen LogP contribution in [0.3, 0.4) is 0 Å². The largest absolute Gasteiger partial charge is 0.455 e. The summed E-state index contributed by atoms with van der Waals surface area (Å²) < 4.78 is 11.2. The third-order valence-electron chi connectivity index (χ3n) is 3.52. The topological polar surface area (TPSA) is 80.7 Å². The molecule has 1 amide bonds. The van der Waals surface area contributed by atoms with E-state index in [4.69, 9.17) is 15.0 Å². The van der Waals surface area contributed by atoms with Crippen LogP contribution in [0, 0.1) is 0 Å². The standard InChI is InChI=1S/C12H17N3O3/c13-14-12(16)11-4-3-10(18-11)7-15-5-8-1-2-9(6-15)17-8/h3-4,8-9H,1-2,5-7,13H2,(H,14,16). The van der Waals surface area contributed by atoms with E-state index in [1.54, 1.807) is 6.07 Å². The molecule has 0 aliphatic carbocycles. The number of amides is 1. The minimum Gasteiger partial charge on any atom is -0.455 e. The summed E-state index contributed by atoms with van der Waals surface area (Å²) >= 11 is 0. The lowest BCUT2D eigenvalue weighted by atomic mass is 10.2. The van der Waals surface area contributed by atoms with Gasteiger partial charge in [-0.2, -0.15) is 0 Å². The Bertz CT molecular complexity index is 434. The van der Waals surface area contributed by atoms with E-state index >= 15 is 0 Å². The summed E-state index contributed by atoms with van der Waals surface area (Å²) in [5.41, 5.74) is 2.06. The molecule has 3 N–H and O–H groups in total. The Labute approximate surface area is 105 Å². The molecular formula is C12H17N3O3. The van der Waals surface area contributed by atoms with Gasteiger partial charge in [0.1, 0.15) is 5.76 Å². The van der Waals surface area contributed by atoms with Crippen LogP contribution in [-0.4, -0.2) is 36.1 Å². The third-order valence-corrected chi connectivity index (χ3v) is 3.52. The lowest BCUT2D eigenvalue weighted by molar-refractivity contribution is -0.0427. The molecule has 0 aromatic carbocycles. The second kappa shape index (κ2) is 4.72. The smallest absolute Gasteiger partial charge is 0.300 e. The first-order chi connectivity index (χ1) is 8.74. The summed E-state index contributed by atoms with van der Waals surface area (Å²) in [5.74, 6) is 5.70. The van der Waals surface area contributed by atoms with Crippen LogP contribution >= 0.6 is 0 Å². The number of nitrogens with one attached hydrogen (secondary N) is 1. The Balaban J connectivity index is 1.62. The monoisotopic (exact) mass is 251 g/mol. The molecule has 2 unspecified atom stereocenters. The molecular weight excluding hydrogens is 234 g/mol. The van der Waals surface area contributed by atoms with Crippen molar-refractivity contribution in [3.8, 4) is 0 Å². The predicted molar refractivity (Wildman–Crippen MR) is 63.5 cm³/mol. The first-order valence-corrected chi connectivity index (χ1v) is 6.22. The number of rotatable bonds is 3. The van der Waals surface area contributed by atoms with Crippen LogP contribution in [0.25, 0.3) is 0 Å². The van der Waals surface area contributed by atoms with Crippen LogP contribution in [0.1, 0.15) is 29.2 Å². The van der Waals surface area contributed by atoms with Gasteiger partial charge in [0.05, 0.1) is 18.8 Å². The third kappa shape index (κ3) is 2.27. The number of hydrogen-bond donors (Lipinski definition) is 2. The van der Waals surface area contributed by atoms with Gasteiger partial charge in [0, 0.05) is 13.1 Å². The number of ether oxygens (including phenoxy) is 1. The number of morpholine rings is 1. The Hall–Kier alpha value is -1.37. The van der Waals surface area contributed by atoms with Crippen molar-refractivity contribution in [3.63, 3.8) is 0 Å². The fraction of sp³-hybridized carbons (Fsp3) is 0.583. The highest BCUT2D eigenvalue weighted by Crippen LogP contribution is 2.27. The van der Waals surface area contributed by atoms with Crippen molar-refractivity contribution < 1.29 is 13.9 Å². The van der Waals surface area contributed by atoms with Crippen molar-refractivity contribution >= 4 is 5.91 Å². The lowest BCUT2D eigenvalue weighted by Crippen LogP contribution is -2.41. The molecule has 0 saturated carbocycles. The van der Waals surface area contributed by atoms with E-state index in [-0.39, 0.29) is 5.76 Å².